The molecule has 2 N–H and O–H groups in total. The summed E-state index contributed by atoms with van der Waals surface area (Å²) in [5.74, 6) is -0.0334. The number of carbonyl (C=O) groups is 2. The number of pyridine rings is 1. The van der Waals surface area contributed by atoms with Gasteiger partial charge in [-0.25, -0.2) is 4.79 Å². The van der Waals surface area contributed by atoms with E-state index in [0.717, 1.165) is 0 Å². The third-order valence-corrected chi connectivity index (χ3v) is 3.88. The topological polar surface area (TPSA) is 83.0 Å². The van der Waals surface area contributed by atoms with E-state index in [-0.39, 0.29) is 12.4 Å². The molecule has 6 nitrogen and oxygen atoms in total. The molecule has 2 aromatic heterocycles. The van der Waals surface area contributed by atoms with Gasteiger partial charge in [0.05, 0.1) is 30.5 Å². The second-order valence-electron chi connectivity index (χ2n) is 5.44. The van der Waals surface area contributed by atoms with E-state index in [2.05, 4.69) is 0 Å². The van der Waals surface area contributed by atoms with Crippen LogP contribution in [-0.2, 0) is 4.74 Å². The first-order valence-corrected chi connectivity index (χ1v) is 7.81. The third kappa shape index (κ3) is 3.06. The summed E-state index contributed by atoms with van der Waals surface area (Å²) in [7, 11) is 1.56. The summed E-state index contributed by atoms with van der Waals surface area (Å²) in [6.07, 6.45) is 1.67. The highest BCUT2D eigenvalue weighted by atomic mass is 16.5. The lowest BCUT2D eigenvalue weighted by Gasteiger charge is -2.05. The summed E-state index contributed by atoms with van der Waals surface area (Å²) in [5.41, 5.74) is 8.04. The number of nitrogens with zero attached hydrogens (tertiary/aromatic N) is 1. The van der Waals surface area contributed by atoms with Crippen LogP contribution < -0.4 is 10.5 Å². The summed E-state index contributed by atoms with van der Waals surface area (Å²) in [6, 6.07) is 11.7. The number of aromatic nitrogens is 1. The minimum absolute atomic E-state index is 0.210. The van der Waals surface area contributed by atoms with Gasteiger partial charge in [0.1, 0.15) is 5.75 Å². The van der Waals surface area contributed by atoms with Gasteiger partial charge in [0.15, 0.2) is 0 Å². The quantitative estimate of drug-likeness (QED) is 0.571. The molecule has 0 aliphatic carbocycles. The summed E-state index contributed by atoms with van der Waals surface area (Å²) in [4.78, 5) is 25.1. The Bertz CT molecular complexity index is 942. The largest absolute Gasteiger partial charge is 0.497 e. The zero-order valence-electron chi connectivity index (χ0n) is 14.0. The van der Waals surface area contributed by atoms with Gasteiger partial charge in [-0.15, -0.1) is 0 Å². The molecule has 3 aromatic rings. The van der Waals surface area contributed by atoms with E-state index >= 15 is 0 Å². The minimum atomic E-state index is -0.487. The molecule has 0 saturated heterocycles. The Morgan fingerprint density at radius 3 is 2.48 bits per heavy atom. The second-order valence-corrected chi connectivity index (χ2v) is 5.44. The van der Waals surface area contributed by atoms with Gasteiger partial charge >= 0.3 is 5.97 Å². The number of rotatable bonds is 5. The number of ketones is 1. The zero-order chi connectivity index (χ0) is 18.0. The number of esters is 1. The molecule has 0 amide bonds. The lowest BCUT2D eigenvalue weighted by atomic mass is 10.1. The van der Waals surface area contributed by atoms with Crippen LogP contribution in [0.5, 0.6) is 5.75 Å². The molecule has 0 saturated carbocycles. The summed E-state index contributed by atoms with van der Waals surface area (Å²) in [5, 5.41) is 0. The molecule has 128 valence electrons. The van der Waals surface area contributed by atoms with Crippen LogP contribution in [0.15, 0.2) is 48.7 Å². The Hall–Kier alpha value is -3.28. The predicted molar refractivity (Wildman–Crippen MR) is 94.2 cm³/mol. The summed E-state index contributed by atoms with van der Waals surface area (Å²) < 4.78 is 11.8. The molecule has 0 bridgehead atoms. The Balaban J connectivity index is 2.11. The molecule has 3 rings (SSSR count). The van der Waals surface area contributed by atoms with Crippen molar-refractivity contribution in [3.8, 4) is 5.75 Å². The normalized spacial score (nSPS) is 10.6. The van der Waals surface area contributed by atoms with E-state index in [9.17, 15) is 9.59 Å². The van der Waals surface area contributed by atoms with Crippen molar-refractivity contribution in [1.82, 2.24) is 4.40 Å². The van der Waals surface area contributed by atoms with E-state index in [1.165, 1.54) is 0 Å². The van der Waals surface area contributed by atoms with Gasteiger partial charge in [-0.2, -0.15) is 0 Å². The standard InChI is InChI=1S/C19H18N2O4/c1-3-25-19(23)15-11-17(21-9-8-13(20)10-16(15)21)18(22)12-4-6-14(24-2)7-5-12/h4-11H,3,20H2,1-2H3. The fraction of sp³-hybridized carbons (Fsp3) is 0.158. The van der Waals surface area contributed by atoms with Gasteiger partial charge in [-0.05, 0) is 49.4 Å². The van der Waals surface area contributed by atoms with E-state index in [4.69, 9.17) is 15.2 Å². The number of benzene rings is 1. The van der Waals surface area contributed by atoms with Crippen LogP contribution in [0.1, 0.15) is 33.3 Å². The molecule has 0 spiro atoms. The van der Waals surface area contributed by atoms with Gasteiger partial charge in [-0.1, -0.05) is 0 Å². The van der Waals surface area contributed by atoms with Gasteiger partial charge in [0, 0.05) is 17.4 Å². The molecule has 25 heavy (non-hydrogen) atoms. The van der Waals surface area contributed by atoms with Gasteiger partial charge in [0.2, 0.25) is 5.78 Å². The number of hydrogen-bond acceptors (Lipinski definition) is 5. The van der Waals surface area contributed by atoms with E-state index in [0.29, 0.717) is 33.8 Å². The van der Waals surface area contributed by atoms with Crippen molar-refractivity contribution in [3.05, 3.63) is 65.5 Å². The fourth-order valence-electron chi connectivity index (χ4n) is 2.65. The molecule has 0 aliphatic rings. The maximum Gasteiger partial charge on any atom is 0.340 e. The maximum atomic E-state index is 12.9. The minimum Gasteiger partial charge on any atom is -0.497 e. The first-order chi connectivity index (χ1) is 12.0. The average molecular weight is 338 g/mol. The van der Waals surface area contributed by atoms with Crippen molar-refractivity contribution >= 4 is 23.0 Å². The Kier molecular flexibility index (Phi) is 4.43. The fourth-order valence-corrected chi connectivity index (χ4v) is 2.65. The van der Waals surface area contributed by atoms with Gasteiger partial charge < -0.3 is 19.6 Å². The summed E-state index contributed by atoms with van der Waals surface area (Å²) in [6.45, 7) is 1.98. The molecule has 1 aromatic carbocycles. The number of ether oxygens (including phenoxy) is 2. The van der Waals surface area contributed by atoms with Crippen LogP contribution in [0.25, 0.3) is 5.52 Å². The number of methoxy groups -OCH3 is 1. The van der Waals surface area contributed by atoms with Crippen molar-refractivity contribution in [2.75, 3.05) is 19.5 Å². The smallest absolute Gasteiger partial charge is 0.340 e. The molecular formula is C19H18N2O4. The highest BCUT2D eigenvalue weighted by Crippen LogP contribution is 2.23. The highest BCUT2D eigenvalue weighted by molar-refractivity contribution is 6.11. The van der Waals surface area contributed by atoms with Crippen molar-refractivity contribution in [2.24, 2.45) is 0 Å². The Labute approximate surface area is 144 Å². The van der Waals surface area contributed by atoms with Crippen LogP contribution >= 0.6 is 0 Å². The molecule has 0 fully saturated rings. The van der Waals surface area contributed by atoms with Crippen molar-refractivity contribution in [3.63, 3.8) is 0 Å². The number of nitrogens with two attached hydrogens (primary N) is 1. The van der Waals surface area contributed by atoms with E-state index in [1.807, 2.05) is 0 Å². The number of carbonyl (C=O) groups excluding carboxylic acids is 2. The number of anilines is 1. The van der Waals surface area contributed by atoms with Crippen LogP contribution in [0.2, 0.25) is 0 Å². The highest BCUT2D eigenvalue weighted by Gasteiger charge is 2.21. The first kappa shape index (κ1) is 16.6. The van der Waals surface area contributed by atoms with E-state index < -0.39 is 5.97 Å². The number of nitrogen functional groups attached to an aromatic ring is 1. The first-order valence-electron chi connectivity index (χ1n) is 7.81. The zero-order valence-corrected chi connectivity index (χ0v) is 14.0. The van der Waals surface area contributed by atoms with Crippen LogP contribution in [0.3, 0.4) is 0 Å². The number of hydrogen-bond donors (Lipinski definition) is 1. The van der Waals surface area contributed by atoms with E-state index in [1.54, 1.807) is 67.1 Å². The SMILES string of the molecule is CCOC(=O)c1cc(C(=O)c2ccc(OC)cc2)n2ccc(N)cc12. The summed E-state index contributed by atoms with van der Waals surface area (Å²) >= 11 is 0. The molecule has 6 heteroatoms. The number of fused-ring (bicyclic) bond motifs is 1. The van der Waals surface area contributed by atoms with Crippen LogP contribution in [0.4, 0.5) is 5.69 Å². The molecule has 0 atom stereocenters. The average Bonchev–Trinajstić information content (AvgIpc) is 3.00. The van der Waals surface area contributed by atoms with Crippen molar-refractivity contribution in [2.45, 2.75) is 6.92 Å². The molecule has 0 radical (unpaired) electrons. The lowest BCUT2D eigenvalue weighted by Crippen LogP contribution is -2.05. The Morgan fingerprint density at radius 2 is 1.84 bits per heavy atom. The monoisotopic (exact) mass is 338 g/mol. The van der Waals surface area contributed by atoms with Crippen LogP contribution in [-0.4, -0.2) is 29.9 Å². The third-order valence-electron chi connectivity index (χ3n) is 3.88. The predicted octanol–water partition coefficient (Wildman–Crippen LogP) is 2.94. The van der Waals surface area contributed by atoms with Crippen LogP contribution in [0, 0.1) is 0 Å². The molecule has 2 heterocycles. The Morgan fingerprint density at radius 1 is 1.12 bits per heavy atom. The lowest BCUT2D eigenvalue weighted by molar-refractivity contribution is 0.0529. The van der Waals surface area contributed by atoms with Crippen molar-refractivity contribution in [1.29, 1.82) is 0 Å². The van der Waals surface area contributed by atoms with Gasteiger partial charge in [0.25, 0.3) is 0 Å². The maximum absolute atomic E-state index is 12.9. The molecule has 0 aliphatic heterocycles. The van der Waals surface area contributed by atoms with Gasteiger partial charge in [-0.3, -0.25) is 4.79 Å². The molecular weight excluding hydrogens is 320 g/mol. The van der Waals surface area contributed by atoms with Crippen molar-refractivity contribution < 1.29 is 19.1 Å². The second kappa shape index (κ2) is 6.68. The molecule has 0 unspecified atom stereocenters.